The van der Waals surface area contributed by atoms with E-state index in [2.05, 4.69) is 24.3 Å². The molecule has 0 aromatic heterocycles. The summed E-state index contributed by atoms with van der Waals surface area (Å²) in [7, 11) is 1.66. The molecular weight excluding hydrogens is 314 g/mol. The highest BCUT2D eigenvalue weighted by Gasteiger charge is 2.46. The van der Waals surface area contributed by atoms with Gasteiger partial charge in [0.25, 0.3) is 0 Å². The minimum Gasteiger partial charge on any atom is -0.396 e. The summed E-state index contributed by atoms with van der Waals surface area (Å²) in [6, 6.07) is 14.5. The maximum atomic E-state index is 13.2. The van der Waals surface area contributed by atoms with E-state index in [0.29, 0.717) is 26.1 Å². The van der Waals surface area contributed by atoms with Gasteiger partial charge in [0.15, 0.2) is 0 Å². The second kappa shape index (κ2) is 7.98. The van der Waals surface area contributed by atoms with Gasteiger partial charge in [0.05, 0.1) is 12.0 Å². The normalized spacial score (nSPS) is 15.8. The predicted molar refractivity (Wildman–Crippen MR) is 99.2 cm³/mol. The molecular formula is C21H27NO3. The number of aliphatic hydroxyl groups is 1. The van der Waals surface area contributed by atoms with Crippen LogP contribution in [0.5, 0.6) is 0 Å². The lowest BCUT2D eigenvalue weighted by Crippen LogP contribution is -2.50. The smallest absolute Gasteiger partial charge is 0.231 e. The fourth-order valence-corrected chi connectivity index (χ4v) is 3.79. The summed E-state index contributed by atoms with van der Waals surface area (Å²) in [4.78, 5) is 15.2. The first-order valence-corrected chi connectivity index (χ1v) is 9.06. The van der Waals surface area contributed by atoms with E-state index in [9.17, 15) is 9.90 Å². The molecule has 2 aromatic carbocycles. The highest BCUT2D eigenvalue weighted by Crippen LogP contribution is 2.43. The van der Waals surface area contributed by atoms with Gasteiger partial charge in [-0.25, -0.2) is 0 Å². The summed E-state index contributed by atoms with van der Waals surface area (Å²) in [5.41, 5.74) is 0.783. The van der Waals surface area contributed by atoms with Gasteiger partial charge in [-0.2, -0.15) is 0 Å². The van der Waals surface area contributed by atoms with Crippen molar-refractivity contribution in [2.24, 2.45) is 5.41 Å². The fourth-order valence-electron chi connectivity index (χ4n) is 3.79. The van der Waals surface area contributed by atoms with Gasteiger partial charge in [0.2, 0.25) is 5.91 Å². The second-order valence-electron chi connectivity index (χ2n) is 7.01. The topological polar surface area (TPSA) is 49.8 Å². The van der Waals surface area contributed by atoms with Crippen LogP contribution in [0.25, 0.3) is 10.8 Å². The molecule has 0 saturated heterocycles. The number of benzene rings is 2. The molecule has 1 fully saturated rings. The van der Waals surface area contributed by atoms with Crippen molar-refractivity contribution in [3.63, 3.8) is 0 Å². The monoisotopic (exact) mass is 341 g/mol. The molecule has 1 N–H and O–H groups in total. The van der Waals surface area contributed by atoms with Crippen LogP contribution >= 0.6 is 0 Å². The van der Waals surface area contributed by atoms with E-state index in [1.807, 2.05) is 23.1 Å². The minimum absolute atomic E-state index is 0.0938. The van der Waals surface area contributed by atoms with Crippen molar-refractivity contribution in [2.75, 3.05) is 26.9 Å². The maximum Gasteiger partial charge on any atom is 0.231 e. The van der Waals surface area contributed by atoms with Crippen molar-refractivity contribution in [3.8, 4) is 0 Å². The third-order valence-corrected chi connectivity index (χ3v) is 5.30. The molecule has 2 aromatic rings. The van der Waals surface area contributed by atoms with E-state index in [0.717, 1.165) is 24.8 Å². The lowest BCUT2D eigenvalue weighted by molar-refractivity contribution is -0.153. The van der Waals surface area contributed by atoms with Gasteiger partial charge in [0.1, 0.15) is 0 Å². The number of amides is 1. The Hall–Kier alpha value is -1.91. The summed E-state index contributed by atoms with van der Waals surface area (Å²) in [6.07, 6.45) is 3.46. The molecule has 4 heteroatoms. The van der Waals surface area contributed by atoms with Gasteiger partial charge in [-0.15, -0.1) is 0 Å². The Morgan fingerprint density at radius 3 is 2.64 bits per heavy atom. The molecule has 0 atom stereocenters. The van der Waals surface area contributed by atoms with Crippen LogP contribution in [-0.4, -0.2) is 42.8 Å². The number of hydrogen-bond donors (Lipinski definition) is 1. The molecule has 1 aliphatic carbocycles. The largest absolute Gasteiger partial charge is 0.396 e. The minimum atomic E-state index is -0.366. The van der Waals surface area contributed by atoms with Crippen LogP contribution in [0.2, 0.25) is 0 Å². The summed E-state index contributed by atoms with van der Waals surface area (Å²) < 4.78 is 5.35. The van der Waals surface area contributed by atoms with Crippen molar-refractivity contribution in [3.05, 3.63) is 48.0 Å². The molecule has 0 bridgehead atoms. The molecule has 3 rings (SSSR count). The molecule has 1 amide bonds. The van der Waals surface area contributed by atoms with Crippen LogP contribution in [-0.2, 0) is 16.1 Å². The van der Waals surface area contributed by atoms with E-state index in [4.69, 9.17) is 4.74 Å². The van der Waals surface area contributed by atoms with Crippen molar-refractivity contribution in [2.45, 2.75) is 32.2 Å². The summed E-state index contributed by atoms with van der Waals surface area (Å²) in [5.74, 6) is 0.169. The van der Waals surface area contributed by atoms with Crippen LogP contribution in [0, 0.1) is 5.41 Å². The van der Waals surface area contributed by atoms with Crippen molar-refractivity contribution < 1.29 is 14.6 Å². The van der Waals surface area contributed by atoms with Crippen molar-refractivity contribution >= 4 is 16.7 Å². The molecule has 1 aliphatic rings. The molecule has 0 heterocycles. The van der Waals surface area contributed by atoms with Gasteiger partial charge >= 0.3 is 0 Å². The number of carbonyl (C=O) groups excluding carboxylic acids is 1. The zero-order valence-electron chi connectivity index (χ0n) is 14.9. The standard InChI is InChI=1S/C21H27NO3/c1-25-16-21(11-5-12-21)20(24)22(13-6-14-23)15-18-9-4-8-17-7-2-3-10-19(17)18/h2-4,7-10,23H,5-6,11-16H2,1H3. The van der Waals surface area contributed by atoms with Crippen LogP contribution in [0.15, 0.2) is 42.5 Å². The lowest BCUT2D eigenvalue weighted by Gasteiger charge is -2.43. The van der Waals surface area contributed by atoms with E-state index in [1.165, 1.54) is 10.8 Å². The number of methoxy groups -OCH3 is 1. The van der Waals surface area contributed by atoms with Crippen molar-refractivity contribution in [1.82, 2.24) is 4.90 Å². The Balaban J connectivity index is 1.86. The zero-order valence-corrected chi connectivity index (χ0v) is 14.9. The van der Waals surface area contributed by atoms with Crippen LogP contribution in [0.3, 0.4) is 0 Å². The van der Waals surface area contributed by atoms with Gasteiger partial charge in [-0.05, 0) is 35.6 Å². The zero-order chi connectivity index (χ0) is 17.7. The summed E-state index contributed by atoms with van der Waals surface area (Å²) in [6.45, 7) is 1.73. The van der Waals surface area contributed by atoms with E-state index >= 15 is 0 Å². The van der Waals surface area contributed by atoms with Gasteiger partial charge in [-0.1, -0.05) is 48.9 Å². The first-order chi connectivity index (χ1) is 12.2. The first-order valence-electron chi connectivity index (χ1n) is 9.06. The molecule has 0 radical (unpaired) electrons. The van der Waals surface area contributed by atoms with Gasteiger partial charge in [-0.3, -0.25) is 4.79 Å². The number of aliphatic hydroxyl groups excluding tert-OH is 1. The first kappa shape index (κ1) is 17.9. The Bertz CT molecular complexity index is 719. The number of nitrogens with zero attached hydrogens (tertiary/aromatic N) is 1. The molecule has 0 spiro atoms. The quantitative estimate of drug-likeness (QED) is 0.801. The van der Waals surface area contributed by atoms with Crippen LogP contribution in [0.4, 0.5) is 0 Å². The molecule has 0 aliphatic heterocycles. The predicted octanol–water partition coefficient (Wildman–Crippen LogP) is 3.37. The fraction of sp³-hybridized carbons (Fsp3) is 0.476. The molecule has 0 unspecified atom stereocenters. The average molecular weight is 341 g/mol. The van der Waals surface area contributed by atoms with Gasteiger partial charge < -0.3 is 14.7 Å². The van der Waals surface area contributed by atoms with Crippen molar-refractivity contribution in [1.29, 1.82) is 0 Å². The van der Waals surface area contributed by atoms with E-state index in [1.54, 1.807) is 7.11 Å². The Morgan fingerprint density at radius 1 is 1.20 bits per heavy atom. The molecule has 4 nitrogen and oxygen atoms in total. The Labute approximate surface area is 149 Å². The number of rotatable bonds is 8. The summed E-state index contributed by atoms with van der Waals surface area (Å²) >= 11 is 0. The number of ether oxygens (including phenoxy) is 1. The molecule has 1 saturated carbocycles. The Kier molecular flexibility index (Phi) is 5.71. The molecule has 134 valence electrons. The lowest BCUT2D eigenvalue weighted by atomic mass is 9.68. The Morgan fingerprint density at radius 2 is 1.96 bits per heavy atom. The average Bonchev–Trinajstić information content (AvgIpc) is 2.61. The van der Waals surface area contributed by atoms with E-state index in [-0.39, 0.29) is 17.9 Å². The SMILES string of the molecule is COCC1(C(=O)N(CCCO)Cc2cccc3ccccc23)CCC1. The van der Waals surface area contributed by atoms with Crippen LogP contribution < -0.4 is 0 Å². The number of carbonyl (C=O) groups is 1. The van der Waals surface area contributed by atoms with Gasteiger partial charge in [0, 0.05) is 26.8 Å². The van der Waals surface area contributed by atoms with Crippen LogP contribution in [0.1, 0.15) is 31.2 Å². The number of fused-ring (bicyclic) bond motifs is 1. The number of hydrogen-bond acceptors (Lipinski definition) is 3. The summed E-state index contributed by atoms with van der Waals surface area (Å²) in [5, 5.41) is 11.6. The third kappa shape index (κ3) is 3.70. The van der Waals surface area contributed by atoms with E-state index < -0.39 is 0 Å². The maximum absolute atomic E-state index is 13.2. The highest BCUT2D eigenvalue weighted by molar-refractivity contribution is 5.87. The highest BCUT2D eigenvalue weighted by atomic mass is 16.5. The third-order valence-electron chi connectivity index (χ3n) is 5.30. The molecule has 25 heavy (non-hydrogen) atoms. The second-order valence-corrected chi connectivity index (χ2v) is 7.01.